The van der Waals surface area contributed by atoms with E-state index in [4.69, 9.17) is 14.2 Å². The van der Waals surface area contributed by atoms with E-state index in [2.05, 4.69) is 45.1 Å². The Balaban J connectivity index is 4.23. The minimum atomic E-state index is -0.769. The SMILES string of the molecule is CCCC/C=C\C/C=C\CCCCCCCC(=O)OC(COC(=O)CCCCCCC)COC(=O)CCCCCCCCCCCCCCCCC. The van der Waals surface area contributed by atoms with E-state index in [1.54, 1.807) is 0 Å². The molecule has 1 atom stereocenters. The highest BCUT2D eigenvalue weighted by atomic mass is 16.6. The Bertz CT molecular complexity index is 850. The zero-order chi connectivity index (χ0) is 38.0. The molecule has 0 amide bonds. The van der Waals surface area contributed by atoms with E-state index in [9.17, 15) is 14.4 Å². The van der Waals surface area contributed by atoms with Crippen molar-refractivity contribution in [2.75, 3.05) is 13.2 Å². The van der Waals surface area contributed by atoms with Gasteiger partial charge in [0.25, 0.3) is 0 Å². The monoisotopic (exact) mass is 733 g/mol. The lowest BCUT2D eigenvalue weighted by atomic mass is 10.0. The van der Waals surface area contributed by atoms with Crippen molar-refractivity contribution in [3.8, 4) is 0 Å². The average molecular weight is 733 g/mol. The zero-order valence-electron chi connectivity index (χ0n) is 34.6. The number of ether oxygens (including phenoxy) is 3. The van der Waals surface area contributed by atoms with Crippen molar-refractivity contribution < 1.29 is 28.6 Å². The summed E-state index contributed by atoms with van der Waals surface area (Å²) in [5, 5.41) is 0. The topological polar surface area (TPSA) is 78.9 Å². The van der Waals surface area contributed by atoms with Crippen molar-refractivity contribution in [2.24, 2.45) is 0 Å². The van der Waals surface area contributed by atoms with Crippen molar-refractivity contribution in [2.45, 2.75) is 239 Å². The molecule has 0 N–H and O–H groups in total. The Morgan fingerprint density at radius 2 is 0.712 bits per heavy atom. The number of hydrogen-bond donors (Lipinski definition) is 0. The predicted molar refractivity (Wildman–Crippen MR) is 219 cm³/mol. The van der Waals surface area contributed by atoms with Crippen LogP contribution in [0.15, 0.2) is 24.3 Å². The molecule has 52 heavy (non-hydrogen) atoms. The lowest BCUT2D eigenvalue weighted by Crippen LogP contribution is -2.30. The third-order valence-corrected chi connectivity index (χ3v) is 9.71. The summed E-state index contributed by atoms with van der Waals surface area (Å²) >= 11 is 0. The molecule has 0 heterocycles. The normalized spacial score (nSPS) is 12.1. The maximum atomic E-state index is 12.6. The van der Waals surface area contributed by atoms with Gasteiger partial charge in [0.05, 0.1) is 0 Å². The molecule has 0 saturated heterocycles. The number of carbonyl (C=O) groups is 3. The second kappa shape index (κ2) is 41.6. The number of unbranched alkanes of at least 4 members (excludes halogenated alkanes) is 25. The van der Waals surface area contributed by atoms with Gasteiger partial charge in [0.15, 0.2) is 6.10 Å². The van der Waals surface area contributed by atoms with Gasteiger partial charge in [-0.2, -0.15) is 0 Å². The first-order valence-electron chi connectivity index (χ1n) is 22.3. The molecular weight excluding hydrogens is 648 g/mol. The van der Waals surface area contributed by atoms with E-state index in [0.29, 0.717) is 19.3 Å². The van der Waals surface area contributed by atoms with Crippen LogP contribution in [0.5, 0.6) is 0 Å². The molecule has 0 aromatic rings. The van der Waals surface area contributed by atoms with Crippen LogP contribution in [-0.2, 0) is 28.6 Å². The quantitative estimate of drug-likeness (QED) is 0.0270. The maximum Gasteiger partial charge on any atom is 0.306 e. The van der Waals surface area contributed by atoms with Crippen LogP contribution in [0.4, 0.5) is 0 Å². The molecule has 0 aliphatic carbocycles. The van der Waals surface area contributed by atoms with Crippen LogP contribution in [0.1, 0.15) is 233 Å². The molecule has 0 aliphatic heterocycles. The number of allylic oxidation sites excluding steroid dienone is 4. The van der Waals surface area contributed by atoms with Crippen molar-refractivity contribution in [3.05, 3.63) is 24.3 Å². The van der Waals surface area contributed by atoms with Gasteiger partial charge in [-0.25, -0.2) is 0 Å². The van der Waals surface area contributed by atoms with Crippen LogP contribution in [-0.4, -0.2) is 37.2 Å². The van der Waals surface area contributed by atoms with Crippen molar-refractivity contribution in [1.82, 2.24) is 0 Å². The Kier molecular flexibility index (Phi) is 40.0. The standard InChI is InChI=1S/C46H84O6/c1-4-7-10-13-15-17-19-21-23-25-26-28-30-33-36-39-45(48)51-42-43(41-50-44(47)38-35-32-12-9-6-3)52-46(49)40-37-34-31-29-27-24-22-20-18-16-14-11-8-5-2/h14,16,20,22,43H,4-13,15,17-19,21,23-42H2,1-3H3/b16-14-,22-20-. The van der Waals surface area contributed by atoms with Gasteiger partial charge >= 0.3 is 17.9 Å². The van der Waals surface area contributed by atoms with Gasteiger partial charge in [0.2, 0.25) is 0 Å². The molecule has 6 heteroatoms. The van der Waals surface area contributed by atoms with Crippen molar-refractivity contribution >= 4 is 17.9 Å². The highest BCUT2D eigenvalue weighted by Crippen LogP contribution is 2.15. The first-order valence-corrected chi connectivity index (χ1v) is 22.3. The smallest absolute Gasteiger partial charge is 0.306 e. The molecular formula is C46H84O6. The van der Waals surface area contributed by atoms with Crippen LogP contribution in [0, 0.1) is 0 Å². The summed E-state index contributed by atoms with van der Waals surface area (Å²) in [6.07, 6.45) is 44.7. The van der Waals surface area contributed by atoms with E-state index < -0.39 is 6.10 Å². The van der Waals surface area contributed by atoms with E-state index in [1.807, 2.05) is 0 Å². The largest absolute Gasteiger partial charge is 0.462 e. The van der Waals surface area contributed by atoms with Gasteiger partial charge in [-0.05, 0) is 44.9 Å². The molecule has 0 saturated carbocycles. The van der Waals surface area contributed by atoms with Crippen LogP contribution < -0.4 is 0 Å². The molecule has 0 radical (unpaired) electrons. The Hall–Kier alpha value is -2.11. The minimum Gasteiger partial charge on any atom is -0.462 e. The molecule has 0 fully saturated rings. The van der Waals surface area contributed by atoms with Crippen LogP contribution >= 0.6 is 0 Å². The molecule has 0 rings (SSSR count). The van der Waals surface area contributed by atoms with E-state index in [0.717, 1.165) is 89.9 Å². The molecule has 0 aromatic heterocycles. The molecule has 6 nitrogen and oxygen atoms in total. The Labute approximate surface area is 322 Å². The third-order valence-electron chi connectivity index (χ3n) is 9.71. The minimum absolute atomic E-state index is 0.0743. The summed E-state index contributed by atoms with van der Waals surface area (Å²) < 4.78 is 16.6. The van der Waals surface area contributed by atoms with E-state index in [-0.39, 0.29) is 31.1 Å². The average Bonchev–Trinajstić information content (AvgIpc) is 3.14. The molecule has 0 aromatic carbocycles. The lowest BCUT2D eigenvalue weighted by molar-refractivity contribution is -0.167. The fourth-order valence-electron chi connectivity index (χ4n) is 6.28. The van der Waals surface area contributed by atoms with Crippen LogP contribution in [0.3, 0.4) is 0 Å². The highest BCUT2D eigenvalue weighted by molar-refractivity contribution is 5.71. The number of hydrogen-bond acceptors (Lipinski definition) is 6. The highest BCUT2D eigenvalue weighted by Gasteiger charge is 2.19. The number of rotatable bonds is 40. The molecule has 0 bridgehead atoms. The molecule has 0 spiro atoms. The maximum absolute atomic E-state index is 12.6. The summed E-state index contributed by atoms with van der Waals surface area (Å²) in [6.45, 7) is 6.50. The Morgan fingerprint density at radius 1 is 0.385 bits per heavy atom. The van der Waals surface area contributed by atoms with Gasteiger partial charge in [-0.15, -0.1) is 0 Å². The first kappa shape index (κ1) is 49.9. The molecule has 304 valence electrons. The summed E-state index contributed by atoms with van der Waals surface area (Å²) in [7, 11) is 0. The predicted octanol–water partition coefficient (Wildman–Crippen LogP) is 14.0. The number of esters is 3. The second-order valence-corrected chi connectivity index (χ2v) is 15.0. The van der Waals surface area contributed by atoms with Gasteiger partial charge in [-0.1, -0.05) is 193 Å². The van der Waals surface area contributed by atoms with Gasteiger partial charge in [-0.3, -0.25) is 14.4 Å². The van der Waals surface area contributed by atoms with Crippen molar-refractivity contribution in [1.29, 1.82) is 0 Å². The first-order chi connectivity index (χ1) is 25.5. The summed E-state index contributed by atoms with van der Waals surface area (Å²) in [6, 6.07) is 0. The van der Waals surface area contributed by atoms with Crippen molar-refractivity contribution in [3.63, 3.8) is 0 Å². The van der Waals surface area contributed by atoms with Gasteiger partial charge < -0.3 is 14.2 Å². The van der Waals surface area contributed by atoms with Crippen LogP contribution in [0.25, 0.3) is 0 Å². The third kappa shape index (κ3) is 39.1. The Morgan fingerprint density at radius 3 is 1.12 bits per heavy atom. The second-order valence-electron chi connectivity index (χ2n) is 15.0. The van der Waals surface area contributed by atoms with Crippen LogP contribution in [0.2, 0.25) is 0 Å². The zero-order valence-corrected chi connectivity index (χ0v) is 34.6. The summed E-state index contributed by atoms with van der Waals surface area (Å²) in [4.78, 5) is 37.4. The molecule has 1 unspecified atom stereocenters. The van der Waals surface area contributed by atoms with Gasteiger partial charge in [0, 0.05) is 19.3 Å². The summed E-state index contributed by atoms with van der Waals surface area (Å²) in [5.41, 5.74) is 0. The molecule has 0 aliphatic rings. The fourth-order valence-corrected chi connectivity index (χ4v) is 6.28. The fraction of sp³-hybridized carbons (Fsp3) is 0.848. The lowest BCUT2D eigenvalue weighted by Gasteiger charge is -2.18. The van der Waals surface area contributed by atoms with Gasteiger partial charge in [0.1, 0.15) is 13.2 Å². The van der Waals surface area contributed by atoms with E-state index >= 15 is 0 Å². The van der Waals surface area contributed by atoms with E-state index in [1.165, 1.54) is 103 Å². The number of carbonyl (C=O) groups excluding carboxylic acids is 3. The summed E-state index contributed by atoms with van der Waals surface area (Å²) in [5.74, 6) is -0.898.